The number of piperidine rings is 1. The monoisotopic (exact) mass is 284 g/mol. The van der Waals surface area contributed by atoms with E-state index in [-0.39, 0.29) is 11.1 Å². The zero-order valence-electron chi connectivity index (χ0n) is 14.6. The first-order valence-corrected chi connectivity index (χ1v) is 8.53. The van der Waals surface area contributed by atoms with Crippen molar-refractivity contribution in [2.75, 3.05) is 13.1 Å². The van der Waals surface area contributed by atoms with Gasteiger partial charge in [-0.3, -0.25) is 4.90 Å². The summed E-state index contributed by atoms with van der Waals surface area (Å²) in [4.78, 5) is 2.67. The maximum Gasteiger partial charge on any atom is 0.0936 e. The molecule has 0 saturated carbocycles. The van der Waals surface area contributed by atoms with Gasteiger partial charge in [-0.15, -0.1) is 0 Å². The highest BCUT2D eigenvalue weighted by atomic mass is 16.5. The van der Waals surface area contributed by atoms with E-state index in [1.54, 1.807) is 0 Å². The van der Waals surface area contributed by atoms with Crippen LogP contribution in [0, 0.1) is 5.21 Å². The normalized spacial score (nSPS) is 28.8. The van der Waals surface area contributed by atoms with E-state index in [4.69, 9.17) is 0 Å². The van der Waals surface area contributed by atoms with Gasteiger partial charge in [-0.2, -0.15) is 0 Å². The Morgan fingerprint density at radius 1 is 0.950 bits per heavy atom. The van der Waals surface area contributed by atoms with Gasteiger partial charge in [-0.05, 0) is 53.6 Å². The molecule has 0 radical (unpaired) electrons. The minimum Gasteiger partial charge on any atom is -0.634 e. The Kier molecular flexibility index (Phi) is 6.49. The molecule has 0 aromatic rings. The van der Waals surface area contributed by atoms with Crippen LogP contribution in [0.1, 0.15) is 80.1 Å². The molecule has 0 unspecified atom stereocenters. The Bertz CT molecular complexity index is 263. The Morgan fingerprint density at radius 2 is 1.35 bits per heavy atom. The third kappa shape index (κ3) is 4.44. The van der Waals surface area contributed by atoms with E-state index in [1.165, 1.54) is 38.8 Å². The molecule has 0 aliphatic carbocycles. The van der Waals surface area contributed by atoms with Crippen molar-refractivity contribution in [2.45, 2.75) is 97.2 Å². The van der Waals surface area contributed by atoms with Crippen molar-refractivity contribution in [3.05, 3.63) is 5.21 Å². The van der Waals surface area contributed by atoms with Gasteiger partial charge in [-0.25, -0.2) is 0 Å². The van der Waals surface area contributed by atoms with Gasteiger partial charge in [0.2, 0.25) is 0 Å². The van der Waals surface area contributed by atoms with Crippen LogP contribution in [0.5, 0.6) is 0 Å². The highest BCUT2D eigenvalue weighted by Gasteiger charge is 2.46. The highest BCUT2D eigenvalue weighted by Crippen LogP contribution is 2.28. The minimum atomic E-state index is -0.164. The van der Waals surface area contributed by atoms with E-state index in [0.717, 1.165) is 12.8 Å². The lowest BCUT2D eigenvalue weighted by Gasteiger charge is -2.56. The molecule has 1 fully saturated rings. The number of nitrogens with zero attached hydrogens (tertiary/aromatic N) is 1. The lowest BCUT2D eigenvalue weighted by molar-refractivity contribution is -0.956. The van der Waals surface area contributed by atoms with E-state index in [1.807, 2.05) is 0 Å². The van der Waals surface area contributed by atoms with Crippen LogP contribution in [0.25, 0.3) is 0 Å². The molecule has 0 spiro atoms. The summed E-state index contributed by atoms with van der Waals surface area (Å²) in [5.41, 5.74) is -0.327. The molecule has 0 bridgehead atoms. The fourth-order valence-electron chi connectivity index (χ4n) is 3.81. The van der Waals surface area contributed by atoms with Crippen molar-refractivity contribution >= 4 is 0 Å². The first-order chi connectivity index (χ1) is 9.24. The van der Waals surface area contributed by atoms with Gasteiger partial charge >= 0.3 is 0 Å². The number of unbranched alkanes of at least 4 members (excludes halogenated alkanes) is 2. The van der Waals surface area contributed by atoms with Crippen LogP contribution in [0.15, 0.2) is 0 Å². The minimum absolute atomic E-state index is 0.164. The number of rotatable bonds is 7. The first-order valence-electron chi connectivity index (χ1n) is 8.53. The second-order valence-corrected chi connectivity index (χ2v) is 7.90. The third-order valence-electron chi connectivity index (χ3n) is 4.84. The van der Waals surface area contributed by atoms with E-state index in [9.17, 15) is 5.21 Å². The zero-order valence-corrected chi connectivity index (χ0v) is 14.6. The van der Waals surface area contributed by atoms with E-state index in [2.05, 4.69) is 46.4 Å². The first kappa shape index (κ1) is 17.9. The van der Waals surface area contributed by atoms with E-state index >= 15 is 0 Å². The summed E-state index contributed by atoms with van der Waals surface area (Å²) >= 11 is 0. The quantitative estimate of drug-likeness (QED) is 0.729. The van der Waals surface area contributed by atoms with E-state index < -0.39 is 0 Å². The van der Waals surface area contributed by atoms with Crippen LogP contribution < -0.4 is 5.06 Å². The van der Waals surface area contributed by atoms with Crippen molar-refractivity contribution in [3.8, 4) is 0 Å². The molecule has 3 nitrogen and oxygen atoms in total. The van der Waals surface area contributed by atoms with Crippen LogP contribution in [0.3, 0.4) is 0 Å². The lowest BCUT2D eigenvalue weighted by atomic mass is 9.78. The molecule has 0 aromatic heterocycles. The van der Waals surface area contributed by atoms with Crippen molar-refractivity contribution in [1.82, 2.24) is 4.90 Å². The summed E-state index contributed by atoms with van der Waals surface area (Å²) < 4.78 is 0. The molecule has 1 saturated heterocycles. The summed E-state index contributed by atoms with van der Waals surface area (Å²) in [7, 11) is 0. The largest absolute Gasteiger partial charge is 0.634 e. The Morgan fingerprint density at radius 3 is 1.70 bits per heavy atom. The summed E-state index contributed by atoms with van der Waals surface area (Å²) in [6, 6.07) is 0.579. The molecule has 1 rings (SSSR count). The Labute approximate surface area is 126 Å². The molecule has 20 heavy (non-hydrogen) atoms. The van der Waals surface area contributed by atoms with Crippen molar-refractivity contribution in [3.63, 3.8) is 0 Å². The van der Waals surface area contributed by atoms with Gasteiger partial charge in [-0.1, -0.05) is 26.7 Å². The van der Waals surface area contributed by atoms with Crippen LogP contribution in [0.2, 0.25) is 0 Å². The number of hydrogen-bond acceptors (Lipinski definition) is 2. The van der Waals surface area contributed by atoms with Crippen LogP contribution in [-0.4, -0.2) is 35.1 Å². The molecule has 1 heterocycles. The van der Waals surface area contributed by atoms with E-state index in [0.29, 0.717) is 11.1 Å². The molecule has 120 valence electrons. The number of hydrogen-bond donors (Lipinski definition) is 1. The maximum atomic E-state index is 12.5. The second-order valence-electron chi connectivity index (χ2n) is 7.90. The standard InChI is InChI=1S/C17H36N2O/c1-7-9-11-18(12-10-8-2)15-13-16(3,4)19(20)17(5,6)14-15/h15,19H,7-14H2,1-6H3. The van der Waals surface area contributed by atoms with Gasteiger partial charge in [0.25, 0.3) is 0 Å². The predicted molar refractivity (Wildman–Crippen MR) is 86.9 cm³/mol. The summed E-state index contributed by atoms with van der Waals surface area (Å²) in [5, 5.41) is 13.0. The van der Waals surface area contributed by atoms with Gasteiger partial charge < -0.3 is 10.3 Å². The molecule has 0 amide bonds. The average molecular weight is 284 g/mol. The van der Waals surface area contributed by atoms with Crippen molar-refractivity contribution < 1.29 is 5.06 Å². The average Bonchev–Trinajstić information content (AvgIpc) is 2.35. The number of nitrogens with one attached hydrogen (secondary N) is 1. The van der Waals surface area contributed by atoms with Crippen LogP contribution in [-0.2, 0) is 0 Å². The van der Waals surface area contributed by atoms with Crippen molar-refractivity contribution in [1.29, 1.82) is 0 Å². The number of hydroxylamine groups is 2. The molecule has 1 aliphatic heterocycles. The van der Waals surface area contributed by atoms with Crippen LogP contribution >= 0.6 is 0 Å². The smallest absolute Gasteiger partial charge is 0.0936 e. The number of quaternary nitrogens is 1. The topological polar surface area (TPSA) is 30.7 Å². The fourth-order valence-corrected chi connectivity index (χ4v) is 3.81. The highest BCUT2D eigenvalue weighted by molar-refractivity contribution is 4.91. The molecule has 0 aromatic carbocycles. The SMILES string of the molecule is CCCCN(CCCC)C1CC(C)(C)[NH+]([O-])C(C)(C)C1. The molecular formula is C17H36N2O. The summed E-state index contributed by atoms with van der Waals surface area (Å²) in [5.74, 6) is 0. The van der Waals surface area contributed by atoms with Crippen molar-refractivity contribution in [2.24, 2.45) is 0 Å². The molecule has 0 atom stereocenters. The van der Waals surface area contributed by atoms with Gasteiger partial charge in [0, 0.05) is 18.9 Å². The lowest BCUT2D eigenvalue weighted by Crippen LogP contribution is -3.23. The molecule has 1 N–H and O–H groups in total. The van der Waals surface area contributed by atoms with Gasteiger partial charge in [0.1, 0.15) is 0 Å². The van der Waals surface area contributed by atoms with Crippen LogP contribution in [0.4, 0.5) is 0 Å². The molecular weight excluding hydrogens is 248 g/mol. The Hall–Kier alpha value is -0.120. The van der Waals surface area contributed by atoms with Gasteiger partial charge in [0.15, 0.2) is 0 Å². The summed E-state index contributed by atoms with van der Waals surface area (Å²) in [6.07, 6.45) is 7.11. The zero-order chi connectivity index (χ0) is 15.4. The maximum absolute atomic E-state index is 12.5. The second kappa shape index (κ2) is 7.24. The summed E-state index contributed by atoms with van der Waals surface area (Å²) in [6.45, 7) is 15.5. The molecule has 3 heteroatoms. The third-order valence-corrected chi connectivity index (χ3v) is 4.84. The fraction of sp³-hybridized carbons (Fsp3) is 1.00. The molecule has 1 aliphatic rings. The predicted octanol–water partition coefficient (Wildman–Crippen LogP) is 2.99. The van der Waals surface area contributed by atoms with Gasteiger partial charge in [0.05, 0.1) is 11.1 Å². The Balaban J connectivity index is 2.79.